The first-order valence-corrected chi connectivity index (χ1v) is 6.61. The third-order valence-electron chi connectivity index (χ3n) is 3.79. The quantitative estimate of drug-likeness (QED) is 0.850. The molecular formula is C15H13F3O3. The average molecular weight is 298 g/mol. The number of benzene rings is 1. The molecule has 0 amide bonds. The Morgan fingerprint density at radius 1 is 1.14 bits per heavy atom. The number of carbonyl (C=O) groups excluding carboxylic acids is 1. The van der Waals surface area contributed by atoms with Crippen LogP contribution in [0.1, 0.15) is 19.8 Å². The van der Waals surface area contributed by atoms with E-state index >= 15 is 0 Å². The zero-order valence-corrected chi connectivity index (χ0v) is 11.2. The molecular weight excluding hydrogens is 285 g/mol. The van der Waals surface area contributed by atoms with Crippen LogP contribution in [0.3, 0.4) is 0 Å². The van der Waals surface area contributed by atoms with Gasteiger partial charge < -0.3 is 9.47 Å². The van der Waals surface area contributed by atoms with Crippen molar-refractivity contribution in [2.24, 2.45) is 11.8 Å². The first kappa shape index (κ1) is 14.0. The molecule has 3 rings (SSSR count). The highest BCUT2D eigenvalue weighted by Gasteiger charge is 2.47. The number of ketones is 1. The lowest BCUT2D eigenvalue weighted by Gasteiger charge is -2.17. The van der Waals surface area contributed by atoms with Crippen LogP contribution in [0.2, 0.25) is 0 Å². The van der Waals surface area contributed by atoms with E-state index in [2.05, 4.69) is 4.74 Å². The molecule has 3 nitrogen and oxygen atoms in total. The van der Waals surface area contributed by atoms with Gasteiger partial charge in [-0.25, -0.2) is 0 Å². The van der Waals surface area contributed by atoms with Crippen LogP contribution in [-0.2, 0) is 4.79 Å². The smallest absolute Gasteiger partial charge is 0.461 e. The van der Waals surface area contributed by atoms with Crippen molar-refractivity contribution < 1.29 is 27.4 Å². The molecule has 0 aromatic heterocycles. The topological polar surface area (TPSA) is 35.5 Å². The molecule has 1 aromatic rings. The van der Waals surface area contributed by atoms with E-state index in [1.165, 1.54) is 24.3 Å². The lowest BCUT2D eigenvalue weighted by atomic mass is 9.97. The molecule has 21 heavy (non-hydrogen) atoms. The largest absolute Gasteiger partial charge is 0.573 e. The highest BCUT2D eigenvalue weighted by molar-refractivity contribution is 6.00. The summed E-state index contributed by atoms with van der Waals surface area (Å²) < 4.78 is 45.6. The van der Waals surface area contributed by atoms with E-state index in [0.29, 0.717) is 29.4 Å². The molecule has 0 heterocycles. The van der Waals surface area contributed by atoms with Gasteiger partial charge >= 0.3 is 6.36 Å². The fourth-order valence-corrected chi connectivity index (χ4v) is 2.57. The van der Waals surface area contributed by atoms with E-state index in [1.54, 1.807) is 6.92 Å². The Bertz CT molecular complexity index is 602. The number of hydrogen-bond acceptors (Lipinski definition) is 3. The molecule has 1 fully saturated rings. The maximum Gasteiger partial charge on any atom is 0.573 e. The summed E-state index contributed by atoms with van der Waals surface area (Å²) >= 11 is 0. The number of fused-ring (bicyclic) bond motifs is 1. The number of alkyl halides is 3. The average Bonchev–Trinajstić information content (AvgIpc) is 3.16. The van der Waals surface area contributed by atoms with Crippen LogP contribution >= 0.6 is 0 Å². The Kier molecular flexibility index (Phi) is 3.19. The summed E-state index contributed by atoms with van der Waals surface area (Å²) in [5, 5.41) is 0. The predicted molar refractivity (Wildman–Crippen MR) is 67.7 cm³/mol. The van der Waals surface area contributed by atoms with Crippen LogP contribution in [0.15, 0.2) is 35.6 Å². The Hall–Kier alpha value is -1.98. The highest BCUT2D eigenvalue weighted by Crippen LogP contribution is 2.49. The maximum absolute atomic E-state index is 12.1. The molecule has 2 unspecified atom stereocenters. The lowest BCUT2D eigenvalue weighted by Crippen LogP contribution is -2.17. The minimum absolute atomic E-state index is 0.123. The van der Waals surface area contributed by atoms with E-state index in [9.17, 15) is 18.0 Å². The molecule has 1 saturated carbocycles. The van der Waals surface area contributed by atoms with Crippen LogP contribution < -0.4 is 9.47 Å². The summed E-state index contributed by atoms with van der Waals surface area (Å²) in [6.45, 7) is 1.73. The molecule has 112 valence electrons. The summed E-state index contributed by atoms with van der Waals surface area (Å²) in [6.07, 6.45) is -3.09. The highest BCUT2D eigenvalue weighted by atomic mass is 19.4. The van der Waals surface area contributed by atoms with Crippen LogP contribution in [0.4, 0.5) is 13.2 Å². The van der Waals surface area contributed by atoms with Crippen molar-refractivity contribution in [3.05, 3.63) is 35.6 Å². The number of carbonyl (C=O) groups is 1. The molecule has 1 aromatic carbocycles. The summed E-state index contributed by atoms with van der Waals surface area (Å²) in [7, 11) is 0. The number of ether oxygens (including phenoxy) is 2. The van der Waals surface area contributed by atoms with E-state index in [0.717, 1.165) is 6.42 Å². The third-order valence-corrected chi connectivity index (χ3v) is 3.79. The molecule has 0 spiro atoms. The molecule has 2 aliphatic carbocycles. The predicted octanol–water partition coefficient (Wildman–Crippen LogP) is 3.85. The van der Waals surface area contributed by atoms with Crippen molar-refractivity contribution in [3.63, 3.8) is 0 Å². The molecule has 2 atom stereocenters. The third kappa shape index (κ3) is 3.04. The number of rotatable bonds is 3. The van der Waals surface area contributed by atoms with Crippen molar-refractivity contribution in [2.45, 2.75) is 26.1 Å². The van der Waals surface area contributed by atoms with Crippen LogP contribution in [0.25, 0.3) is 0 Å². The van der Waals surface area contributed by atoms with Gasteiger partial charge in [0.05, 0.1) is 0 Å². The zero-order chi connectivity index (χ0) is 15.2. The summed E-state index contributed by atoms with van der Waals surface area (Å²) in [5.41, 5.74) is 0.615. The normalized spacial score (nSPS) is 24.7. The van der Waals surface area contributed by atoms with Crippen LogP contribution in [0.5, 0.6) is 11.5 Å². The Morgan fingerprint density at radius 3 is 2.38 bits per heavy atom. The summed E-state index contributed by atoms with van der Waals surface area (Å²) in [4.78, 5) is 11.9. The standard InChI is InChI=1S/C15H13F3O3/c1-8-13(7-9-6-12(9)14(8)19)20-10-2-4-11(5-3-10)21-15(16,17)18/h2-5,9,12H,6-7H2,1H3. The second-order valence-electron chi connectivity index (χ2n) is 5.34. The Morgan fingerprint density at radius 2 is 1.76 bits per heavy atom. The monoisotopic (exact) mass is 298 g/mol. The first-order chi connectivity index (χ1) is 9.83. The Balaban J connectivity index is 1.71. The number of halogens is 3. The lowest BCUT2D eigenvalue weighted by molar-refractivity contribution is -0.274. The van der Waals surface area contributed by atoms with Crippen molar-refractivity contribution in [1.29, 1.82) is 0 Å². The van der Waals surface area contributed by atoms with Crippen LogP contribution in [0, 0.1) is 11.8 Å². The van der Waals surface area contributed by atoms with Gasteiger partial charge in [0.25, 0.3) is 0 Å². The van der Waals surface area contributed by atoms with Crippen molar-refractivity contribution in [2.75, 3.05) is 0 Å². The molecule has 0 saturated heterocycles. The van der Waals surface area contributed by atoms with Gasteiger partial charge in [0.2, 0.25) is 0 Å². The molecule has 0 N–H and O–H groups in total. The number of hydrogen-bond donors (Lipinski definition) is 0. The van der Waals surface area contributed by atoms with Gasteiger partial charge in [-0.3, -0.25) is 4.79 Å². The first-order valence-electron chi connectivity index (χ1n) is 6.61. The van der Waals surface area contributed by atoms with Gasteiger partial charge in [-0.05, 0) is 43.5 Å². The summed E-state index contributed by atoms with van der Waals surface area (Å²) in [6, 6.07) is 5.15. The van der Waals surface area contributed by atoms with Gasteiger partial charge in [-0.15, -0.1) is 13.2 Å². The van der Waals surface area contributed by atoms with E-state index in [4.69, 9.17) is 4.74 Å². The van der Waals surface area contributed by atoms with E-state index in [1.807, 2.05) is 0 Å². The van der Waals surface area contributed by atoms with Crippen LogP contribution in [-0.4, -0.2) is 12.1 Å². The SMILES string of the molecule is CC1=C(Oc2ccc(OC(F)(F)F)cc2)CC2CC2C1=O. The number of Topliss-reactive ketones (excluding diaryl/α,β-unsaturated/α-hetero) is 1. The van der Waals surface area contributed by atoms with Gasteiger partial charge in [0.15, 0.2) is 5.78 Å². The fourth-order valence-electron chi connectivity index (χ4n) is 2.57. The minimum Gasteiger partial charge on any atom is -0.461 e. The Labute approximate surface area is 119 Å². The minimum atomic E-state index is -4.71. The van der Waals surface area contributed by atoms with Crippen molar-refractivity contribution in [1.82, 2.24) is 0 Å². The van der Waals surface area contributed by atoms with Crippen molar-refractivity contribution in [3.8, 4) is 11.5 Å². The van der Waals surface area contributed by atoms with Gasteiger partial charge in [0, 0.05) is 17.9 Å². The molecule has 0 bridgehead atoms. The fraction of sp³-hybridized carbons (Fsp3) is 0.400. The van der Waals surface area contributed by atoms with Gasteiger partial charge in [-0.2, -0.15) is 0 Å². The second-order valence-corrected chi connectivity index (χ2v) is 5.34. The van der Waals surface area contributed by atoms with Gasteiger partial charge in [0.1, 0.15) is 17.3 Å². The number of allylic oxidation sites excluding steroid dienone is 2. The molecule has 0 radical (unpaired) electrons. The van der Waals surface area contributed by atoms with Gasteiger partial charge in [-0.1, -0.05) is 0 Å². The molecule has 2 aliphatic rings. The summed E-state index contributed by atoms with van der Waals surface area (Å²) in [5.74, 6) is 1.35. The molecule has 6 heteroatoms. The maximum atomic E-state index is 12.1. The second kappa shape index (κ2) is 4.79. The zero-order valence-electron chi connectivity index (χ0n) is 11.2. The van der Waals surface area contributed by atoms with Crippen molar-refractivity contribution >= 4 is 5.78 Å². The van der Waals surface area contributed by atoms with E-state index in [-0.39, 0.29) is 17.5 Å². The van der Waals surface area contributed by atoms with E-state index < -0.39 is 6.36 Å². The molecule has 0 aliphatic heterocycles.